The topological polar surface area (TPSA) is 101 Å². The Morgan fingerprint density at radius 1 is 1.00 bits per heavy atom. The number of carbonyl (C=O) groups is 2. The van der Waals surface area contributed by atoms with E-state index in [0.717, 1.165) is 31.7 Å². The van der Waals surface area contributed by atoms with Crippen molar-refractivity contribution in [1.29, 1.82) is 0 Å². The lowest BCUT2D eigenvalue weighted by Crippen LogP contribution is -2.30. The molecule has 124 valence electrons. The van der Waals surface area contributed by atoms with Gasteiger partial charge < -0.3 is 16.0 Å². The van der Waals surface area contributed by atoms with Gasteiger partial charge in [0.2, 0.25) is 0 Å². The molecule has 2 heterocycles. The Morgan fingerprint density at radius 2 is 1.75 bits per heavy atom. The first-order valence-corrected chi connectivity index (χ1v) is 7.94. The molecule has 1 aromatic carbocycles. The molecular weight excluding hydrogens is 306 g/mol. The molecular formula is C17H19N5O2. The van der Waals surface area contributed by atoms with E-state index >= 15 is 0 Å². The molecule has 2 aromatic rings. The summed E-state index contributed by atoms with van der Waals surface area (Å²) in [6.45, 7) is 1.93. The molecule has 0 unspecified atom stereocenters. The van der Waals surface area contributed by atoms with Gasteiger partial charge in [0.1, 0.15) is 0 Å². The number of benzene rings is 1. The van der Waals surface area contributed by atoms with Gasteiger partial charge in [-0.2, -0.15) is 0 Å². The maximum Gasteiger partial charge on any atom is 0.276 e. The largest absolute Gasteiger partial charge is 0.366 e. The minimum Gasteiger partial charge on any atom is -0.366 e. The van der Waals surface area contributed by atoms with Crippen molar-refractivity contribution in [2.24, 2.45) is 5.73 Å². The highest BCUT2D eigenvalue weighted by Crippen LogP contribution is 2.18. The Morgan fingerprint density at radius 3 is 2.42 bits per heavy atom. The van der Waals surface area contributed by atoms with Gasteiger partial charge in [-0.25, -0.2) is 0 Å². The Bertz CT molecular complexity index is 739. The molecule has 1 saturated heterocycles. The van der Waals surface area contributed by atoms with Crippen molar-refractivity contribution < 1.29 is 9.59 Å². The van der Waals surface area contributed by atoms with Gasteiger partial charge in [-0.3, -0.25) is 9.59 Å². The molecule has 0 spiro atoms. The molecule has 7 nitrogen and oxygen atoms in total. The number of primary amides is 1. The minimum atomic E-state index is -0.600. The van der Waals surface area contributed by atoms with Crippen LogP contribution in [-0.2, 0) is 0 Å². The van der Waals surface area contributed by atoms with Gasteiger partial charge in [-0.15, -0.1) is 10.2 Å². The normalized spacial score (nSPS) is 14.2. The minimum absolute atomic E-state index is 0.190. The lowest BCUT2D eigenvalue weighted by atomic mass is 10.1. The maximum atomic E-state index is 12.3. The van der Waals surface area contributed by atoms with Crippen molar-refractivity contribution in [1.82, 2.24) is 10.2 Å². The van der Waals surface area contributed by atoms with Crippen LogP contribution in [0.2, 0.25) is 0 Å². The van der Waals surface area contributed by atoms with Crippen molar-refractivity contribution in [3.63, 3.8) is 0 Å². The number of hydrogen-bond acceptors (Lipinski definition) is 5. The summed E-state index contributed by atoms with van der Waals surface area (Å²) in [7, 11) is 0. The molecule has 2 amide bonds. The van der Waals surface area contributed by atoms with Crippen molar-refractivity contribution in [3.8, 4) is 0 Å². The zero-order valence-electron chi connectivity index (χ0n) is 13.2. The average Bonchev–Trinajstić information content (AvgIpc) is 2.63. The zero-order valence-corrected chi connectivity index (χ0v) is 13.2. The number of nitrogens with one attached hydrogen (secondary N) is 1. The number of hydrogen-bond donors (Lipinski definition) is 2. The van der Waals surface area contributed by atoms with E-state index < -0.39 is 11.8 Å². The van der Waals surface area contributed by atoms with Crippen LogP contribution in [0.5, 0.6) is 0 Å². The molecule has 0 saturated carbocycles. The summed E-state index contributed by atoms with van der Waals surface area (Å²) < 4.78 is 0. The first-order chi connectivity index (χ1) is 11.6. The monoisotopic (exact) mass is 325 g/mol. The first kappa shape index (κ1) is 15.9. The van der Waals surface area contributed by atoms with Crippen LogP contribution < -0.4 is 16.0 Å². The smallest absolute Gasteiger partial charge is 0.276 e. The molecule has 0 aliphatic carbocycles. The molecule has 3 N–H and O–H groups in total. The average molecular weight is 325 g/mol. The van der Waals surface area contributed by atoms with Gasteiger partial charge in [-0.1, -0.05) is 12.1 Å². The van der Waals surface area contributed by atoms with E-state index in [1.54, 1.807) is 36.4 Å². The molecule has 1 aromatic heterocycles. The van der Waals surface area contributed by atoms with E-state index in [1.807, 2.05) is 0 Å². The molecule has 0 atom stereocenters. The summed E-state index contributed by atoms with van der Waals surface area (Å²) in [6.07, 6.45) is 3.53. The Labute approximate surface area is 139 Å². The van der Waals surface area contributed by atoms with E-state index in [9.17, 15) is 9.59 Å². The Hall–Kier alpha value is -2.96. The number of rotatable bonds is 4. The van der Waals surface area contributed by atoms with Crippen LogP contribution in [0.25, 0.3) is 0 Å². The molecule has 24 heavy (non-hydrogen) atoms. The quantitative estimate of drug-likeness (QED) is 0.893. The van der Waals surface area contributed by atoms with Crippen molar-refractivity contribution in [3.05, 3.63) is 47.7 Å². The highest BCUT2D eigenvalue weighted by atomic mass is 16.2. The fraction of sp³-hybridized carbons (Fsp3) is 0.294. The molecule has 3 rings (SSSR count). The lowest BCUT2D eigenvalue weighted by Gasteiger charge is -2.27. The van der Waals surface area contributed by atoms with Crippen LogP contribution in [0.4, 0.5) is 11.5 Å². The second-order valence-corrected chi connectivity index (χ2v) is 5.69. The Kier molecular flexibility index (Phi) is 4.69. The fourth-order valence-corrected chi connectivity index (χ4v) is 2.73. The van der Waals surface area contributed by atoms with Gasteiger partial charge >= 0.3 is 0 Å². The third kappa shape index (κ3) is 3.51. The van der Waals surface area contributed by atoms with Crippen molar-refractivity contribution >= 4 is 23.3 Å². The van der Waals surface area contributed by atoms with Crippen LogP contribution in [0, 0.1) is 0 Å². The standard InChI is InChI=1S/C17H19N5O2/c18-16(23)12-6-2-3-7-13(12)19-17(24)14-8-9-15(21-20-14)22-10-4-1-5-11-22/h2-3,6-9H,1,4-5,10-11H2,(H2,18,23)(H,19,24). The molecule has 1 fully saturated rings. The van der Waals surface area contributed by atoms with E-state index in [1.165, 1.54) is 6.42 Å². The van der Waals surface area contributed by atoms with Crippen LogP contribution in [0.15, 0.2) is 36.4 Å². The highest BCUT2D eigenvalue weighted by Gasteiger charge is 2.16. The third-order valence-electron chi connectivity index (χ3n) is 4.00. The first-order valence-electron chi connectivity index (χ1n) is 7.94. The molecule has 1 aliphatic heterocycles. The second kappa shape index (κ2) is 7.08. The highest BCUT2D eigenvalue weighted by molar-refractivity contribution is 6.07. The molecule has 1 aliphatic rings. The van der Waals surface area contributed by atoms with Crippen LogP contribution in [0.3, 0.4) is 0 Å². The summed E-state index contributed by atoms with van der Waals surface area (Å²) >= 11 is 0. The number of nitrogens with zero attached hydrogens (tertiary/aromatic N) is 3. The van der Waals surface area contributed by atoms with E-state index in [-0.39, 0.29) is 11.3 Å². The van der Waals surface area contributed by atoms with Gasteiger partial charge in [0, 0.05) is 13.1 Å². The number of carbonyl (C=O) groups excluding carboxylic acids is 2. The number of aromatic nitrogens is 2. The Balaban J connectivity index is 1.72. The van der Waals surface area contributed by atoms with Crippen LogP contribution >= 0.6 is 0 Å². The third-order valence-corrected chi connectivity index (χ3v) is 4.00. The van der Waals surface area contributed by atoms with E-state index in [0.29, 0.717) is 5.69 Å². The van der Waals surface area contributed by atoms with Gasteiger partial charge in [0.15, 0.2) is 11.5 Å². The summed E-state index contributed by atoms with van der Waals surface area (Å²) in [6, 6.07) is 10.0. The number of anilines is 2. The summed E-state index contributed by atoms with van der Waals surface area (Å²) in [5.41, 5.74) is 6.11. The zero-order chi connectivity index (χ0) is 16.9. The lowest BCUT2D eigenvalue weighted by molar-refractivity contribution is 0.100. The van der Waals surface area contributed by atoms with Crippen LogP contribution in [0.1, 0.15) is 40.1 Å². The summed E-state index contributed by atoms with van der Waals surface area (Å²) in [5.74, 6) is -0.248. The predicted octanol–water partition coefficient (Wildman–Crippen LogP) is 1.82. The summed E-state index contributed by atoms with van der Waals surface area (Å²) in [4.78, 5) is 25.9. The summed E-state index contributed by atoms with van der Waals surface area (Å²) in [5, 5.41) is 10.8. The number of para-hydroxylation sites is 1. The van der Waals surface area contributed by atoms with Gasteiger partial charge in [-0.05, 0) is 43.5 Å². The van der Waals surface area contributed by atoms with Crippen LogP contribution in [-0.4, -0.2) is 35.1 Å². The number of amides is 2. The fourth-order valence-electron chi connectivity index (χ4n) is 2.73. The molecule has 7 heteroatoms. The van der Waals surface area contributed by atoms with Gasteiger partial charge in [0.25, 0.3) is 11.8 Å². The van der Waals surface area contributed by atoms with E-state index in [2.05, 4.69) is 20.4 Å². The molecule has 0 radical (unpaired) electrons. The predicted molar refractivity (Wildman–Crippen MR) is 91.0 cm³/mol. The molecule has 0 bridgehead atoms. The van der Waals surface area contributed by atoms with Gasteiger partial charge in [0.05, 0.1) is 11.3 Å². The number of nitrogens with two attached hydrogens (primary N) is 1. The maximum absolute atomic E-state index is 12.3. The SMILES string of the molecule is NC(=O)c1ccccc1NC(=O)c1ccc(N2CCCCC2)nn1. The second-order valence-electron chi connectivity index (χ2n) is 5.69. The van der Waals surface area contributed by atoms with Crippen molar-refractivity contribution in [2.75, 3.05) is 23.3 Å². The van der Waals surface area contributed by atoms with Crippen molar-refractivity contribution in [2.45, 2.75) is 19.3 Å². The van der Waals surface area contributed by atoms with E-state index in [4.69, 9.17) is 5.73 Å². The number of piperidine rings is 1.